The summed E-state index contributed by atoms with van der Waals surface area (Å²) >= 11 is 0. The molecule has 0 N–H and O–H groups in total. The van der Waals surface area contributed by atoms with Crippen LogP contribution in [0.2, 0.25) is 0 Å². The van der Waals surface area contributed by atoms with E-state index in [4.69, 9.17) is 0 Å². The molecular formula is C14H20N4O. The van der Waals surface area contributed by atoms with Gasteiger partial charge in [0.2, 0.25) is 5.91 Å². The second-order valence-electron chi connectivity index (χ2n) is 5.78. The first-order chi connectivity index (χ1) is 9.11. The van der Waals surface area contributed by atoms with E-state index in [-0.39, 0.29) is 5.41 Å². The number of carbonyl (C=O) groups is 1. The first kappa shape index (κ1) is 12.4. The monoisotopic (exact) mass is 260 g/mol. The maximum atomic E-state index is 12.2. The smallest absolute Gasteiger partial charge is 0.228 e. The van der Waals surface area contributed by atoms with E-state index in [1.165, 1.54) is 0 Å². The number of carbonyl (C=O) groups excluding carboxylic acids is 1. The fourth-order valence-corrected chi connectivity index (χ4v) is 3.18. The Hall–Kier alpha value is -1.65. The lowest BCUT2D eigenvalue weighted by Crippen LogP contribution is -2.44. The molecule has 0 unspecified atom stereocenters. The summed E-state index contributed by atoms with van der Waals surface area (Å²) in [5, 5.41) is 8.34. The van der Waals surface area contributed by atoms with E-state index >= 15 is 0 Å². The second kappa shape index (κ2) is 4.47. The molecule has 3 rings (SSSR count). The highest BCUT2D eigenvalue weighted by Gasteiger charge is 2.46. The fraction of sp³-hybridized carbons (Fsp3) is 0.643. The molecule has 102 valence electrons. The minimum atomic E-state index is -0.0939. The van der Waals surface area contributed by atoms with E-state index in [2.05, 4.69) is 15.1 Å². The molecule has 1 spiro atoms. The topological polar surface area (TPSA) is 49.3 Å². The maximum absolute atomic E-state index is 12.2. The Labute approximate surface area is 113 Å². The standard InChI is InChI=1S/C14H20N4O/c1-11-3-4-12(16-15-11)18-9-6-14(7-10-18)5-8-17(2)13(14)19/h3-4H,5-10H2,1-2H3. The van der Waals surface area contributed by atoms with Crippen molar-refractivity contribution in [1.29, 1.82) is 0 Å². The number of aryl methyl sites for hydroxylation is 1. The zero-order valence-electron chi connectivity index (χ0n) is 11.6. The van der Waals surface area contributed by atoms with Gasteiger partial charge in [0.1, 0.15) is 0 Å². The average Bonchev–Trinajstić information content (AvgIpc) is 2.70. The second-order valence-corrected chi connectivity index (χ2v) is 5.78. The van der Waals surface area contributed by atoms with Gasteiger partial charge in [0, 0.05) is 26.7 Å². The minimum absolute atomic E-state index is 0.0939. The predicted molar refractivity (Wildman–Crippen MR) is 72.9 cm³/mol. The molecule has 0 aromatic carbocycles. The number of amides is 1. The van der Waals surface area contributed by atoms with Crippen molar-refractivity contribution >= 4 is 11.7 Å². The van der Waals surface area contributed by atoms with Gasteiger partial charge in [-0.05, 0) is 38.3 Å². The molecule has 1 aromatic heterocycles. The highest BCUT2D eigenvalue weighted by atomic mass is 16.2. The number of piperidine rings is 1. The molecule has 0 saturated carbocycles. The summed E-state index contributed by atoms with van der Waals surface area (Å²) < 4.78 is 0. The third-order valence-electron chi connectivity index (χ3n) is 4.55. The van der Waals surface area contributed by atoms with E-state index in [9.17, 15) is 4.79 Å². The summed E-state index contributed by atoms with van der Waals surface area (Å²) in [6.07, 6.45) is 2.88. The van der Waals surface area contributed by atoms with Gasteiger partial charge in [-0.25, -0.2) is 0 Å². The molecule has 0 radical (unpaired) electrons. The zero-order valence-corrected chi connectivity index (χ0v) is 11.6. The number of anilines is 1. The Morgan fingerprint density at radius 3 is 2.32 bits per heavy atom. The van der Waals surface area contributed by atoms with E-state index < -0.39 is 0 Å². The van der Waals surface area contributed by atoms with Crippen molar-refractivity contribution in [2.45, 2.75) is 26.2 Å². The lowest BCUT2D eigenvalue weighted by molar-refractivity contribution is -0.135. The van der Waals surface area contributed by atoms with Gasteiger partial charge in [-0.2, -0.15) is 5.10 Å². The average molecular weight is 260 g/mol. The summed E-state index contributed by atoms with van der Waals surface area (Å²) in [7, 11) is 1.91. The molecule has 2 fully saturated rings. The van der Waals surface area contributed by atoms with Crippen LogP contribution in [-0.4, -0.2) is 47.7 Å². The Morgan fingerprint density at radius 1 is 1.11 bits per heavy atom. The summed E-state index contributed by atoms with van der Waals surface area (Å²) in [4.78, 5) is 16.4. The van der Waals surface area contributed by atoms with E-state index in [1.54, 1.807) is 0 Å². The largest absolute Gasteiger partial charge is 0.355 e. The third-order valence-corrected chi connectivity index (χ3v) is 4.55. The van der Waals surface area contributed by atoms with Crippen LogP contribution in [0.3, 0.4) is 0 Å². The minimum Gasteiger partial charge on any atom is -0.355 e. The van der Waals surface area contributed by atoms with Crippen LogP contribution in [-0.2, 0) is 4.79 Å². The molecule has 2 saturated heterocycles. The zero-order chi connectivity index (χ0) is 13.5. The van der Waals surface area contributed by atoms with Crippen molar-refractivity contribution in [3.8, 4) is 0 Å². The van der Waals surface area contributed by atoms with Crippen LogP contribution in [0.1, 0.15) is 25.0 Å². The molecule has 5 nitrogen and oxygen atoms in total. The van der Waals surface area contributed by atoms with Gasteiger partial charge in [0.15, 0.2) is 5.82 Å². The molecule has 5 heteroatoms. The lowest BCUT2D eigenvalue weighted by Gasteiger charge is -2.38. The van der Waals surface area contributed by atoms with Crippen LogP contribution in [0.4, 0.5) is 5.82 Å². The van der Waals surface area contributed by atoms with Crippen LogP contribution < -0.4 is 4.90 Å². The van der Waals surface area contributed by atoms with Gasteiger partial charge in [-0.1, -0.05) is 0 Å². The molecule has 2 aliphatic rings. The Morgan fingerprint density at radius 2 is 1.79 bits per heavy atom. The molecular weight excluding hydrogens is 240 g/mol. The number of hydrogen-bond donors (Lipinski definition) is 0. The summed E-state index contributed by atoms with van der Waals surface area (Å²) in [6, 6.07) is 4.00. The van der Waals surface area contributed by atoms with Gasteiger partial charge >= 0.3 is 0 Å². The number of likely N-dealkylation sites (tertiary alicyclic amines) is 1. The van der Waals surface area contributed by atoms with Gasteiger partial charge < -0.3 is 9.80 Å². The SMILES string of the molecule is Cc1ccc(N2CCC3(CCN(C)C3=O)CC2)nn1. The van der Waals surface area contributed by atoms with Crippen molar-refractivity contribution in [1.82, 2.24) is 15.1 Å². The van der Waals surface area contributed by atoms with Crippen LogP contribution >= 0.6 is 0 Å². The molecule has 3 heterocycles. The van der Waals surface area contributed by atoms with Crippen LogP contribution in [0.5, 0.6) is 0 Å². The number of aromatic nitrogens is 2. The molecule has 2 aliphatic heterocycles. The van der Waals surface area contributed by atoms with E-state index in [0.29, 0.717) is 5.91 Å². The lowest BCUT2D eigenvalue weighted by atomic mass is 9.77. The summed E-state index contributed by atoms with van der Waals surface area (Å²) in [5.41, 5.74) is 0.841. The van der Waals surface area contributed by atoms with Crippen LogP contribution in [0.25, 0.3) is 0 Å². The van der Waals surface area contributed by atoms with Crippen molar-refractivity contribution in [3.63, 3.8) is 0 Å². The van der Waals surface area contributed by atoms with E-state index in [1.807, 2.05) is 31.0 Å². The van der Waals surface area contributed by atoms with Gasteiger partial charge in [-0.15, -0.1) is 5.10 Å². The normalized spacial score (nSPS) is 22.3. The number of nitrogens with zero attached hydrogens (tertiary/aromatic N) is 4. The first-order valence-corrected chi connectivity index (χ1v) is 6.92. The molecule has 0 bridgehead atoms. The van der Waals surface area contributed by atoms with Crippen LogP contribution in [0, 0.1) is 12.3 Å². The Balaban J connectivity index is 1.70. The number of rotatable bonds is 1. The van der Waals surface area contributed by atoms with Gasteiger partial charge in [-0.3, -0.25) is 4.79 Å². The summed E-state index contributed by atoms with van der Waals surface area (Å²) in [6.45, 7) is 4.65. The van der Waals surface area contributed by atoms with Crippen molar-refractivity contribution in [2.75, 3.05) is 31.6 Å². The summed E-state index contributed by atoms with van der Waals surface area (Å²) in [5.74, 6) is 1.27. The molecule has 19 heavy (non-hydrogen) atoms. The fourth-order valence-electron chi connectivity index (χ4n) is 3.18. The molecule has 1 amide bonds. The predicted octanol–water partition coefficient (Wildman–Crippen LogP) is 1.23. The highest BCUT2D eigenvalue weighted by Crippen LogP contribution is 2.41. The molecule has 1 aromatic rings. The first-order valence-electron chi connectivity index (χ1n) is 6.92. The Kier molecular flexibility index (Phi) is 2.92. The molecule has 0 atom stereocenters. The van der Waals surface area contributed by atoms with Crippen LogP contribution in [0.15, 0.2) is 12.1 Å². The quantitative estimate of drug-likeness (QED) is 0.762. The Bertz CT molecular complexity index is 477. The number of hydrogen-bond acceptors (Lipinski definition) is 4. The maximum Gasteiger partial charge on any atom is 0.228 e. The van der Waals surface area contributed by atoms with Crippen molar-refractivity contribution < 1.29 is 4.79 Å². The third kappa shape index (κ3) is 2.07. The van der Waals surface area contributed by atoms with Gasteiger partial charge in [0.05, 0.1) is 11.1 Å². The highest BCUT2D eigenvalue weighted by molar-refractivity contribution is 5.84. The molecule has 0 aliphatic carbocycles. The van der Waals surface area contributed by atoms with Crippen molar-refractivity contribution in [3.05, 3.63) is 17.8 Å². The van der Waals surface area contributed by atoms with Gasteiger partial charge in [0.25, 0.3) is 0 Å². The van der Waals surface area contributed by atoms with E-state index in [0.717, 1.165) is 50.4 Å². The van der Waals surface area contributed by atoms with Crippen molar-refractivity contribution in [2.24, 2.45) is 5.41 Å².